The molecule has 0 fully saturated rings. The molecule has 2 N–H and O–H groups in total. The van der Waals surface area contributed by atoms with Crippen molar-refractivity contribution in [2.24, 2.45) is 0 Å². The number of benzene rings is 2. The first kappa shape index (κ1) is 14.7. The second-order valence-corrected chi connectivity index (χ2v) is 6.52. The molecule has 0 saturated carbocycles. The van der Waals surface area contributed by atoms with E-state index in [-0.39, 0.29) is 4.90 Å². The van der Waals surface area contributed by atoms with Gasteiger partial charge in [0, 0.05) is 17.3 Å². The maximum absolute atomic E-state index is 12.6. The molecular formula is C14H15ClN2O2S. The van der Waals surface area contributed by atoms with Crippen molar-refractivity contribution in [2.75, 3.05) is 16.6 Å². The van der Waals surface area contributed by atoms with Crippen molar-refractivity contribution in [3.8, 4) is 0 Å². The predicted molar refractivity (Wildman–Crippen MR) is 82.5 cm³/mol. The molecule has 0 radical (unpaired) electrons. The van der Waals surface area contributed by atoms with E-state index in [1.165, 1.54) is 16.4 Å². The highest BCUT2D eigenvalue weighted by atomic mass is 35.5. The van der Waals surface area contributed by atoms with Crippen molar-refractivity contribution in [1.29, 1.82) is 0 Å². The maximum atomic E-state index is 12.6. The number of halogens is 1. The van der Waals surface area contributed by atoms with E-state index >= 15 is 0 Å². The van der Waals surface area contributed by atoms with Crippen LogP contribution in [0, 0.1) is 0 Å². The van der Waals surface area contributed by atoms with Gasteiger partial charge in [0.15, 0.2) is 0 Å². The molecule has 0 aliphatic rings. The molecule has 0 aromatic heterocycles. The van der Waals surface area contributed by atoms with Crippen molar-refractivity contribution < 1.29 is 8.42 Å². The molecule has 0 aliphatic heterocycles. The third-order valence-corrected chi connectivity index (χ3v) is 5.02. The van der Waals surface area contributed by atoms with Crippen LogP contribution >= 0.6 is 11.6 Å². The van der Waals surface area contributed by atoms with Crippen LogP contribution in [0.25, 0.3) is 0 Å². The number of nitrogens with two attached hydrogens (primary N) is 1. The predicted octanol–water partition coefficient (Wildman–Crippen LogP) is 3.14. The Hall–Kier alpha value is -1.72. The quantitative estimate of drug-likeness (QED) is 0.882. The number of anilines is 2. The molecule has 0 unspecified atom stereocenters. The van der Waals surface area contributed by atoms with Gasteiger partial charge in [-0.1, -0.05) is 17.7 Å². The van der Waals surface area contributed by atoms with Gasteiger partial charge < -0.3 is 5.73 Å². The third-order valence-electron chi connectivity index (χ3n) is 2.85. The zero-order valence-corrected chi connectivity index (χ0v) is 12.5. The highest BCUT2D eigenvalue weighted by Gasteiger charge is 2.23. The zero-order chi connectivity index (χ0) is 14.8. The molecule has 0 amide bonds. The minimum atomic E-state index is -3.62. The van der Waals surface area contributed by atoms with Gasteiger partial charge in [-0.25, -0.2) is 8.42 Å². The van der Waals surface area contributed by atoms with Gasteiger partial charge in [0.2, 0.25) is 0 Å². The average Bonchev–Trinajstić information content (AvgIpc) is 2.40. The van der Waals surface area contributed by atoms with E-state index in [1.54, 1.807) is 43.3 Å². The minimum absolute atomic E-state index is 0.200. The largest absolute Gasteiger partial charge is 0.399 e. The molecular weight excluding hydrogens is 296 g/mol. The van der Waals surface area contributed by atoms with Crippen molar-refractivity contribution in [2.45, 2.75) is 11.8 Å². The second kappa shape index (κ2) is 5.73. The summed E-state index contributed by atoms with van der Waals surface area (Å²) in [6.45, 7) is 2.09. The van der Waals surface area contributed by atoms with E-state index in [4.69, 9.17) is 17.3 Å². The fourth-order valence-corrected chi connectivity index (χ4v) is 3.50. The van der Waals surface area contributed by atoms with E-state index in [0.717, 1.165) is 0 Å². The fraction of sp³-hybridized carbons (Fsp3) is 0.143. The average molecular weight is 311 g/mol. The lowest BCUT2D eigenvalue weighted by Crippen LogP contribution is -2.30. The molecule has 0 aliphatic carbocycles. The SMILES string of the molecule is CCN(c1cccc(N)c1)S(=O)(=O)c1ccc(Cl)cc1. The standard InChI is InChI=1S/C14H15ClN2O2S/c1-2-17(13-5-3-4-12(16)10-13)20(18,19)14-8-6-11(15)7-9-14/h3-10H,2,16H2,1H3. The summed E-state index contributed by atoms with van der Waals surface area (Å²) in [5, 5.41) is 0.496. The van der Waals surface area contributed by atoms with Crippen LogP contribution < -0.4 is 10.0 Å². The number of hydrogen-bond acceptors (Lipinski definition) is 3. The number of hydrogen-bond donors (Lipinski definition) is 1. The van der Waals surface area contributed by atoms with Crippen LogP contribution in [0.3, 0.4) is 0 Å². The normalized spacial score (nSPS) is 11.3. The summed E-state index contributed by atoms with van der Waals surface area (Å²) in [4.78, 5) is 0.200. The van der Waals surface area contributed by atoms with Crippen molar-refractivity contribution in [3.05, 3.63) is 53.6 Å². The Balaban J connectivity index is 2.47. The summed E-state index contributed by atoms with van der Waals surface area (Å²) in [6.07, 6.45) is 0. The highest BCUT2D eigenvalue weighted by Crippen LogP contribution is 2.25. The van der Waals surface area contributed by atoms with Gasteiger partial charge in [-0.3, -0.25) is 4.31 Å². The molecule has 0 heterocycles. The molecule has 2 rings (SSSR count). The van der Waals surface area contributed by atoms with Crippen molar-refractivity contribution >= 4 is 33.0 Å². The zero-order valence-electron chi connectivity index (χ0n) is 11.0. The van der Waals surface area contributed by atoms with Crippen molar-refractivity contribution in [1.82, 2.24) is 0 Å². The Labute approximate surface area is 123 Å². The molecule has 2 aromatic carbocycles. The van der Waals surface area contributed by atoms with Gasteiger partial charge in [0.25, 0.3) is 10.0 Å². The smallest absolute Gasteiger partial charge is 0.264 e. The second-order valence-electron chi connectivity index (χ2n) is 4.22. The molecule has 2 aromatic rings. The summed E-state index contributed by atoms with van der Waals surface area (Å²) in [5.41, 5.74) is 6.78. The van der Waals surface area contributed by atoms with E-state index in [9.17, 15) is 8.42 Å². The van der Waals surface area contributed by atoms with Crippen LogP contribution in [0.5, 0.6) is 0 Å². The number of sulfonamides is 1. The molecule has 20 heavy (non-hydrogen) atoms. The number of nitrogens with zero attached hydrogens (tertiary/aromatic N) is 1. The lowest BCUT2D eigenvalue weighted by molar-refractivity contribution is 0.592. The van der Waals surface area contributed by atoms with Gasteiger partial charge in [-0.15, -0.1) is 0 Å². The third kappa shape index (κ3) is 2.89. The maximum Gasteiger partial charge on any atom is 0.264 e. The highest BCUT2D eigenvalue weighted by molar-refractivity contribution is 7.92. The lowest BCUT2D eigenvalue weighted by atomic mass is 10.3. The Morgan fingerprint density at radius 2 is 1.80 bits per heavy atom. The van der Waals surface area contributed by atoms with Crippen LogP contribution in [0.1, 0.15) is 6.92 Å². The number of rotatable bonds is 4. The summed E-state index contributed by atoms with van der Waals surface area (Å²) >= 11 is 5.79. The van der Waals surface area contributed by atoms with Gasteiger partial charge in [0.05, 0.1) is 10.6 Å². The molecule has 0 bridgehead atoms. The van der Waals surface area contributed by atoms with Crippen LogP contribution in [0.4, 0.5) is 11.4 Å². The molecule has 106 valence electrons. The van der Waals surface area contributed by atoms with Gasteiger partial charge in [0.1, 0.15) is 0 Å². The van der Waals surface area contributed by atoms with Crippen LogP contribution in [0.15, 0.2) is 53.4 Å². The van der Waals surface area contributed by atoms with Gasteiger partial charge in [-0.05, 0) is 49.4 Å². The first-order valence-corrected chi connectivity index (χ1v) is 7.91. The fourth-order valence-electron chi connectivity index (χ4n) is 1.91. The molecule has 0 atom stereocenters. The van der Waals surface area contributed by atoms with Crippen LogP contribution in [-0.2, 0) is 10.0 Å². The van der Waals surface area contributed by atoms with Gasteiger partial charge in [-0.2, -0.15) is 0 Å². The van der Waals surface area contributed by atoms with Gasteiger partial charge >= 0.3 is 0 Å². The van der Waals surface area contributed by atoms with E-state index in [2.05, 4.69) is 0 Å². The van der Waals surface area contributed by atoms with E-state index in [0.29, 0.717) is 22.9 Å². The Morgan fingerprint density at radius 1 is 1.15 bits per heavy atom. The van der Waals surface area contributed by atoms with E-state index < -0.39 is 10.0 Å². The van der Waals surface area contributed by atoms with Crippen molar-refractivity contribution in [3.63, 3.8) is 0 Å². The summed E-state index contributed by atoms with van der Waals surface area (Å²) in [7, 11) is -3.62. The lowest BCUT2D eigenvalue weighted by Gasteiger charge is -2.23. The summed E-state index contributed by atoms with van der Waals surface area (Å²) < 4.78 is 26.6. The van der Waals surface area contributed by atoms with Crippen LogP contribution in [0.2, 0.25) is 5.02 Å². The Morgan fingerprint density at radius 3 is 2.35 bits per heavy atom. The molecule has 0 saturated heterocycles. The van der Waals surface area contributed by atoms with E-state index in [1.807, 2.05) is 0 Å². The number of nitrogen functional groups attached to an aromatic ring is 1. The monoisotopic (exact) mass is 310 g/mol. The Bertz CT molecular complexity index is 699. The first-order chi connectivity index (χ1) is 9.45. The first-order valence-electron chi connectivity index (χ1n) is 6.09. The molecule has 6 heteroatoms. The summed E-state index contributed by atoms with van der Waals surface area (Å²) in [5.74, 6) is 0. The van der Waals surface area contributed by atoms with Crippen LogP contribution in [-0.4, -0.2) is 15.0 Å². The topological polar surface area (TPSA) is 63.4 Å². The summed E-state index contributed by atoms with van der Waals surface area (Å²) in [6, 6.07) is 12.9. The minimum Gasteiger partial charge on any atom is -0.399 e. The molecule has 0 spiro atoms. The Kier molecular flexibility index (Phi) is 4.20. The molecule has 4 nitrogen and oxygen atoms in total.